The molecule has 1 heterocycles. The second kappa shape index (κ2) is 6.06. The number of anilines is 1. The molecule has 0 aliphatic heterocycles. The minimum atomic E-state index is -0.720. The number of hydrogen-bond acceptors (Lipinski definition) is 4. The van der Waals surface area contributed by atoms with Gasteiger partial charge in [-0.3, -0.25) is 4.79 Å². The molecular weight excluding hydrogens is 284 g/mol. The first-order chi connectivity index (χ1) is 9.08. The lowest BCUT2D eigenvalue weighted by atomic mass is 10.1. The van der Waals surface area contributed by atoms with Gasteiger partial charge >= 0.3 is 0 Å². The van der Waals surface area contributed by atoms with E-state index in [-0.39, 0.29) is 12.5 Å². The third kappa shape index (κ3) is 3.47. The SMILES string of the molecule is Nc1ccc(C(=O)NCC(O)c2ccsc2)c(Cl)c1. The summed E-state index contributed by atoms with van der Waals surface area (Å²) in [4.78, 5) is 11.9. The second-order valence-electron chi connectivity index (χ2n) is 4.02. The second-order valence-corrected chi connectivity index (χ2v) is 5.21. The fourth-order valence-electron chi connectivity index (χ4n) is 1.58. The van der Waals surface area contributed by atoms with Gasteiger partial charge in [0.1, 0.15) is 0 Å². The zero-order chi connectivity index (χ0) is 13.8. The third-order valence-corrected chi connectivity index (χ3v) is 3.64. The highest BCUT2D eigenvalue weighted by Crippen LogP contribution is 2.19. The first-order valence-corrected chi connectivity index (χ1v) is 6.93. The smallest absolute Gasteiger partial charge is 0.252 e. The number of amides is 1. The topological polar surface area (TPSA) is 75.4 Å². The molecule has 1 atom stereocenters. The van der Waals surface area contributed by atoms with Crippen LogP contribution in [-0.2, 0) is 0 Å². The molecule has 1 amide bonds. The normalized spacial score (nSPS) is 12.1. The maximum Gasteiger partial charge on any atom is 0.252 e. The molecule has 0 aliphatic carbocycles. The van der Waals surface area contributed by atoms with Gasteiger partial charge in [-0.1, -0.05) is 11.6 Å². The Hall–Kier alpha value is -1.56. The van der Waals surface area contributed by atoms with Gasteiger partial charge in [0, 0.05) is 12.2 Å². The van der Waals surface area contributed by atoms with E-state index in [1.54, 1.807) is 12.1 Å². The summed E-state index contributed by atoms with van der Waals surface area (Å²) < 4.78 is 0. The van der Waals surface area contributed by atoms with Crippen molar-refractivity contribution in [1.29, 1.82) is 0 Å². The van der Waals surface area contributed by atoms with Gasteiger partial charge in [-0.15, -0.1) is 0 Å². The molecule has 4 nitrogen and oxygen atoms in total. The Kier molecular flexibility index (Phi) is 4.42. The number of halogens is 1. The average molecular weight is 297 g/mol. The van der Waals surface area contributed by atoms with Crippen LogP contribution < -0.4 is 11.1 Å². The summed E-state index contributed by atoms with van der Waals surface area (Å²) in [5, 5.41) is 16.5. The highest BCUT2D eigenvalue weighted by Gasteiger charge is 2.13. The molecule has 0 spiro atoms. The van der Waals surface area contributed by atoms with Gasteiger partial charge < -0.3 is 16.2 Å². The molecule has 0 radical (unpaired) electrons. The van der Waals surface area contributed by atoms with Crippen molar-refractivity contribution in [2.45, 2.75) is 6.10 Å². The molecule has 0 bridgehead atoms. The van der Waals surface area contributed by atoms with Crippen molar-refractivity contribution in [2.75, 3.05) is 12.3 Å². The Balaban J connectivity index is 1.98. The van der Waals surface area contributed by atoms with Gasteiger partial charge in [-0.05, 0) is 40.6 Å². The molecule has 2 aromatic rings. The van der Waals surface area contributed by atoms with E-state index < -0.39 is 6.10 Å². The van der Waals surface area contributed by atoms with Crippen molar-refractivity contribution >= 4 is 34.5 Å². The molecule has 4 N–H and O–H groups in total. The van der Waals surface area contributed by atoms with E-state index in [9.17, 15) is 9.90 Å². The molecule has 2 rings (SSSR count). The number of nitrogens with two attached hydrogens (primary N) is 1. The Morgan fingerprint density at radius 3 is 2.89 bits per heavy atom. The molecule has 100 valence electrons. The van der Waals surface area contributed by atoms with Crippen LogP contribution in [-0.4, -0.2) is 17.6 Å². The molecule has 0 saturated heterocycles. The molecule has 1 unspecified atom stereocenters. The van der Waals surface area contributed by atoms with E-state index in [1.165, 1.54) is 17.4 Å². The third-order valence-electron chi connectivity index (χ3n) is 2.62. The van der Waals surface area contributed by atoms with Gasteiger partial charge in [-0.2, -0.15) is 11.3 Å². The molecule has 1 aromatic heterocycles. The number of nitrogen functional groups attached to an aromatic ring is 1. The van der Waals surface area contributed by atoms with Crippen molar-refractivity contribution < 1.29 is 9.90 Å². The number of thiophene rings is 1. The molecule has 1 aromatic carbocycles. The van der Waals surface area contributed by atoms with Crippen LogP contribution >= 0.6 is 22.9 Å². The summed E-state index contributed by atoms with van der Waals surface area (Å²) in [6.45, 7) is 0.135. The van der Waals surface area contributed by atoms with Crippen LogP contribution in [0.15, 0.2) is 35.0 Å². The molecular formula is C13H13ClN2O2S. The van der Waals surface area contributed by atoms with Crippen molar-refractivity contribution in [3.05, 3.63) is 51.2 Å². The zero-order valence-corrected chi connectivity index (χ0v) is 11.5. The van der Waals surface area contributed by atoms with Gasteiger partial charge in [0.05, 0.1) is 16.7 Å². The lowest BCUT2D eigenvalue weighted by Crippen LogP contribution is -2.28. The summed E-state index contributed by atoms with van der Waals surface area (Å²) in [5.74, 6) is -0.334. The first kappa shape index (κ1) is 13.9. The van der Waals surface area contributed by atoms with E-state index in [4.69, 9.17) is 17.3 Å². The molecule has 6 heteroatoms. The van der Waals surface area contributed by atoms with Crippen LogP contribution in [0.3, 0.4) is 0 Å². The van der Waals surface area contributed by atoms with E-state index in [2.05, 4.69) is 5.32 Å². The van der Waals surface area contributed by atoms with Gasteiger partial charge in [0.2, 0.25) is 0 Å². The lowest BCUT2D eigenvalue weighted by molar-refractivity contribution is 0.0916. The summed E-state index contributed by atoms with van der Waals surface area (Å²) in [6, 6.07) is 6.50. The molecule has 0 aliphatic rings. The Morgan fingerprint density at radius 2 is 2.26 bits per heavy atom. The quantitative estimate of drug-likeness (QED) is 0.759. The Labute approximate surface area is 119 Å². The van der Waals surface area contributed by atoms with Crippen LogP contribution in [0.2, 0.25) is 5.02 Å². The number of rotatable bonds is 4. The Morgan fingerprint density at radius 1 is 1.47 bits per heavy atom. The fraction of sp³-hybridized carbons (Fsp3) is 0.154. The maximum atomic E-state index is 11.9. The highest BCUT2D eigenvalue weighted by atomic mass is 35.5. The van der Waals surface area contributed by atoms with Crippen LogP contribution in [0, 0.1) is 0 Å². The maximum absolute atomic E-state index is 11.9. The number of hydrogen-bond donors (Lipinski definition) is 3. The van der Waals surface area contributed by atoms with E-state index in [0.717, 1.165) is 5.56 Å². The van der Waals surface area contributed by atoms with Crippen LogP contribution in [0.1, 0.15) is 22.0 Å². The number of carbonyl (C=O) groups excluding carboxylic acids is 1. The van der Waals surface area contributed by atoms with Crippen molar-refractivity contribution in [1.82, 2.24) is 5.32 Å². The lowest BCUT2D eigenvalue weighted by Gasteiger charge is -2.11. The largest absolute Gasteiger partial charge is 0.399 e. The number of carbonyl (C=O) groups is 1. The van der Waals surface area contributed by atoms with Gasteiger partial charge in [0.15, 0.2) is 0 Å². The van der Waals surface area contributed by atoms with Crippen LogP contribution in [0.4, 0.5) is 5.69 Å². The molecule has 0 fully saturated rings. The fourth-order valence-corrected chi connectivity index (χ4v) is 2.56. The predicted molar refractivity (Wildman–Crippen MR) is 77.5 cm³/mol. The number of aliphatic hydroxyl groups is 1. The average Bonchev–Trinajstić information content (AvgIpc) is 2.89. The predicted octanol–water partition coefficient (Wildman–Crippen LogP) is 2.45. The molecule has 19 heavy (non-hydrogen) atoms. The number of nitrogens with one attached hydrogen (secondary N) is 1. The van der Waals surface area contributed by atoms with Crippen molar-refractivity contribution in [3.8, 4) is 0 Å². The van der Waals surface area contributed by atoms with Crippen molar-refractivity contribution in [3.63, 3.8) is 0 Å². The van der Waals surface area contributed by atoms with Gasteiger partial charge in [-0.25, -0.2) is 0 Å². The van der Waals surface area contributed by atoms with E-state index in [1.807, 2.05) is 16.8 Å². The van der Waals surface area contributed by atoms with Crippen LogP contribution in [0.25, 0.3) is 0 Å². The summed E-state index contributed by atoms with van der Waals surface area (Å²) in [7, 11) is 0. The van der Waals surface area contributed by atoms with Crippen molar-refractivity contribution in [2.24, 2.45) is 0 Å². The Bertz CT molecular complexity index is 572. The molecule has 0 saturated carbocycles. The number of benzene rings is 1. The van der Waals surface area contributed by atoms with Gasteiger partial charge in [0.25, 0.3) is 5.91 Å². The minimum Gasteiger partial charge on any atom is -0.399 e. The summed E-state index contributed by atoms with van der Waals surface area (Å²) >= 11 is 7.43. The van der Waals surface area contributed by atoms with E-state index >= 15 is 0 Å². The van der Waals surface area contributed by atoms with E-state index in [0.29, 0.717) is 16.3 Å². The highest BCUT2D eigenvalue weighted by molar-refractivity contribution is 7.07. The standard InChI is InChI=1S/C13H13ClN2O2S/c14-11-5-9(15)1-2-10(11)13(18)16-6-12(17)8-3-4-19-7-8/h1-5,7,12,17H,6,15H2,(H,16,18). The summed E-state index contributed by atoms with van der Waals surface area (Å²) in [6.07, 6.45) is -0.720. The number of aliphatic hydroxyl groups excluding tert-OH is 1. The summed E-state index contributed by atoms with van der Waals surface area (Å²) in [5.41, 5.74) is 7.19. The minimum absolute atomic E-state index is 0.135. The van der Waals surface area contributed by atoms with Crippen LogP contribution in [0.5, 0.6) is 0 Å². The zero-order valence-electron chi connectivity index (χ0n) is 9.97. The monoisotopic (exact) mass is 296 g/mol. The first-order valence-electron chi connectivity index (χ1n) is 5.61.